The second kappa shape index (κ2) is 22.1. The van der Waals surface area contributed by atoms with E-state index in [-0.39, 0.29) is 50.1 Å². The molecule has 1 aliphatic heterocycles. The normalized spacial score (nSPS) is 15.0. The van der Waals surface area contributed by atoms with Crippen LogP contribution in [-0.4, -0.2) is 71.3 Å². The summed E-state index contributed by atoms with van der Waals surface area (Å²) < 4.78 is 0. The van der Waals surface area contributed by atoms with Crippen molar-refractivity contribution in [3.05, 3.63) is 35.9 Å². The lowest BCUT2D eigenvalue weighted by atomic mass is 10.1. The van der Waals surface area contributed by atoms with E-state index in [0.29, 0.717) is 25.8 Å². The van der Waals surface area contributed by atoms with E-state index in [1.165, 1.54) is 56.3 Å². The smallest absolute Gasteiger partial charge is 0.326 e. The van der Waals surface area contributed by atoms with Crippen molar-refractivity contribution in [3.63, 3.8) is 0 Å². The predicted molar refractivity (Wildman–Crippen MR) is 171 cm³/mol. The summed E-state index contributed by atoms with van der Waals surface area (Å²) in [5.41, 5.74) is 0.791. The lowest BCUT2D eigenvalue weighted by Crippen LogP contribution is -2.51. The van der Waals surface area contributed by atoms with Crippen LogP contribution in [0.3, 0.4) is 0 Å². The Labute approximate surface area is 263 Å². The minimum absolute atomic E-state index is 0.0348. The molecular weight excluding hydrogens is 560 g/mol. The summed E-state index contributed by atoms with van der Waals surface area (Å²) in [6, 6.07) is 7.23. The van der Waals surface area contributed by atoms with E-state index >= 15 is 0 Å². The molecule has 2 rings (SSSR count). The van der Waals surface area contributed by atoms with Crippen molar-refractivity contribution >= 4 is 29.6 Å². The molecule has 1 fully saturated rings. The molecule has 0 saturated carbocycles. The lowest BCUT2D eigenvalue weighted by Gasteiger charge is -2.25. The molecule has 10 nitrogen and oxygen atoms in total. The molecule has 0 unspecified atom stereocenters. The third kappa shape index (κ3) is 15.3. The molecule has 0 aliphatic carbocycles. The number of benzene rings is 1. The number of nitrogens with zero attached hydrogens (tertiary/aromatic N) is 1. The van der Waals surface area contributed by atoms with E-state index < -0.39 is 24.0 Å². The number of carboxylic acid groups (broad SMARTS) is 1. The van der Waals surface area contributed by atoms with Crippen molar-refractivity contribution < 1.29 is 29.1 Å². The predicted octanol–water partition coefficient (Wildman–Crippen LogP) is 4.50. The molecule has 4 N–H and O–H groups in total. The Kier molecular flexibility index (Phi) is 18.5. The van der Waals surface area contributed by atoms with Gasteiger partial charge in [0.05, 0.1) is 0 Å². The first kappa shape index (κ1) is 36.8. The van der Waals surface area contributed by atoms with Gasteiger partial charge in [0, 0.05) is 45.3 Å². The highest BCUT2D eigenvalue weighted by Crippen LogP contribution is 2.19. The van der Waals surface area contributed by atoms with Crippen molar-refractivity contribution in [1.29, 1.82) is 0 Å². The molecule has 0 radical (unpaired) electrons. The number of carbonyl (C=O) groups is 5. The van der Waals surface area contributed by atoms with Gasteiger partial charge < -0.3 is 26.0 Å². The van der Waals surface area contributed by atoms with E-state index in [4.69, 9.17) is 0 Å². The van der Waals surface area contributed by atoms with Gasteiger partial charge in [-0.15, -0.1) is 0 Å². The first-order chi connectivity index (χ1) is 21.3. The van der Waals surface area contributed by atoms with E-state index in [1.54, 1.807) is 12.1 Å². The standard InChI is InChI=1S/C34H54N4O6/c1-2-3-4-5-6-7-8-9-10-11-15-20-30(39)35-23-21-31(40)36-24-22-32(41)38-25-16-19-29(38)33(42)37-28(34(43)44)26-27-17-13-12-14-18-27/h12-14,17-18,28-29H,2-11,15-16,19-26H2,1H3,(H,35,39)(H,36,40)(H,37,42)(H,43,44)/t28-,29-/m0/s1. The third-order valence-electron chi connectivity index (χ3n) is 8.12. The van der Waals surface area contributed by atoms with Crippen LogP contribution in [0.15, 0.2) is 30.3 Å². The molecule has 44 heavy (non-hydrogen) atoms. The summed E-state index contributed by atoms with van der Waals surface area (Å²) in [5.74, 6) is -2.18. The van der Waals surface area contributed by atoms with Crippen molar-refractivity contribution in [2.45, 2.75) is 128 Å². The summed E-state index contributed by atoms with van der Waals surface area (Å²) in [5, 5.41) is 17.7. The van der Waals surface area contributed by atoms with Crippen molar-refractivity contribution in [2.24, 2.45) is 0 Å². The maximum atomic E-state index is 12.9. The van der Waals surface area contributed by atoms with E-state index in [1.807, 2.05) is 18.2 Å². The number of aliphatic carboxylic acids is 1. The number of rotatable bonds is 23. The number of carbonyl (C=O) groups excluding carboxylic acids is 4. The number of hydrogen-bond acceptors (Lipinski definition) is 5. The second-order valence-corrected chi connectivity index (χ2v) is 11.8. The van der Waals surface area contributed by atoms with Crippen LogP contribution in [0.5, 0.6) is 0 Å². The van der Waals surface area contributed by atoms with E-state index in [0.717, 1.165) is 24.8 Å². The number of amides is 4. The molecule has 1 saturated heterocycles. The van der Waals surface area contributed by atoms with Gasteiger partial charge in [-0.25, -0.2) is 4.79 Å². The molecule has 1 aromatic rings. The Morgan fingerprint density at radius 2 is 1.36 bits per heavy atom. The average molecular weight is 615 g/mol. The highest BCUT2D eigenvalue weighted by atomic mass is 16.4. The summed E-state index contributed by atoms with van der Waals surface area (Å²) in [4.78, 5) is 63.2. The molecule has 0 spiro atoms. The summed E-state index contributed by atoms with van der Waals surface area (Å²) in [6.45, 7) is 3.02. The highest BCUT2D eigenvalue weighted by Gasteiger charge is 2.35. The van der Waals surface area contributed by atoms with Crippen molar-refractivity contribution in [3.8, 4) is 0 Å². The van der Waals surface area contributed by atoms with Gasteiger partial charge in [-0.2, -0.15) is 0 Å². The van der Waals surface area contributed by atoms with Crippen LogP contribution in [0.4, 0.5) is 0 Å². The van der Waals surface area contributed by atoms with Gasteiger partial charge in [0.2, 0.25) is 23.6 Å². The fourth-order valence-corrected chi connectivity index (χ4v) is 5.55. The minimum atomic E-state index is -1.13. The van der Waals surface area contributed by atoms with Gasteiger partial charge in [-0.3, -0.25) is 19.2 Å². The fourth-order valence-electron chi connectivity index (χ4n) is 5.55. The van der Waals surface area contributed by atoms with Gasteiger partial charge in [-0.05, 0) is 24.8 Å². The molecule has 1 aromatic carbocycles. The van der Waals surface area contributed by atoms with Gasteiger partial charge in [-0.1, -0.05) is 101 Å². The molecule has 1 aliphatic rings. The fraction of sp³-hybridized carbons (Fsp3) is 0.676. The first-order valence-electron chi connectivity index (χ1n) is 16.7. The van der Waals surface area contributed by atoms with Crippen LogP contribution in [0.1, 0.15) is 115 Å². The highest BCUT2D eigenvalue weighted by molar-refractivity contribution is 5.91. The largest absolute Gasteiger partial charge is 0.480 e. The molecule has 0 aromatic heterocycles. The summed E-state index contributed by atoms with van der Waals surface area (Å²) >= 11 is 0. The van der Waals surface area contributed by atoms with Crippen molar-refractivity contribution in [1.82, 2.24) is 20.9 Å². The van der Waals surface area contributed by atoms with Crippen LogP contribution < -0.4 is 16.0 Å². The Morgan fingerprint density at radius 3 is 1.98 bits per heavy atom. The maximum absolute atomic E-state index is 12.9. The van der Waals surface area contributed by atoms with E-state index in [9.17, 15) is 29.1 Å². The Bertz CT molecular complexity index is 1020. The topological polar surface area (TPSA) is 145 Å². The SMILES string of the molecule is CCCCCCCCCCCCCC(=O)NCCC(=O)NCCC(=O)N1CCC[C@H]1C(=O)N[C@@H](Cc1ccccc1)C(=O)O. The van der Waals surface area contributed by atoms with Crippen LogP contribution in [0, 0.1) is 0 Å². The molecule has 2 atom stereocenters. The zero-order valence-corrected chi connectivity index (χ0v) is 26.6. The number of likely N-dealkylation sites (tertiary alicyclic amines) is 1. The van der Waals surface area contributed by atoms with Crippen LogP contribution in [0.2, 0.25) is 0 Å². The maximum Gasteiger partial charge on any atom is 0.326 e. The Morgan fingerprint density at radius 1 is 0.795 bits per heavy atom. The quantitative estimate of drug-likeness (QED) is 0.134. The number of carboxylic acids is 1. The number of hydrogen-bond donors (Lipinski definition) is 4. The number of nitrogens with one attached hydrogen (secondary N) is 3. The van der Waals surface area contributed by atoms with Crippen LogP contribution >= 0.6 is 0 Å². The third-order valence-corrected chi connectivity index (χ3v) is 8.12. The molecule has 1 heterocycles. The summed E-state index contributed by atoms with van der Waals surface area (Å²) in [6.07, 6.45) is 15.4. The van der Waals surface area contributed by atoms with Gasteiger partial charge in [0.25, 0.3) is 0 Å². The van der Waals surface area contributed by atoms with Crippen LogP contribution in [-0.2, 0) is 30.4 Å². The summed E-state index contributed by atoms with van der Waals surface area (Å²) in [7, 11) is 0. The molecule has 4 amide bonds. The van der Waals surface area contributed by atoms with E-state index in [2.05, 4.69) is 22.9 Å². The first-order valence-corrected chi connectivity index (χ1v) is 16.7. The van der Waals surface area contributed by atoms with Crippen LogP contribution in [0.25, 0.3) is 0 Å². The van der Waals surface area contributed by atoms with Gasteiger partial charge >= 0.3 is 5.97 Å². The Balaban J connectivity index is 1.55. The Hall–Kier alpha value is -3.43. The lowest BCUT2D eigenvalue weighted by molar-refractivity contribution is -0.143. The molecule has 0 bridgehead atoms. The zero-order valence-electron chi connectivity index (χ0n) is 26.6. The molecule has 10 heteroatoms. The molecule has 246 valence electrons. The minimum Gasteiger partial charge on any atom is -0.480 e. The van der Waals surface area contributed by atoms with Gasteiger partial charge in [0.15, 0.2) is 0 Å². The van der Waals surface area contributed by atoms with Crippen molar-refractivity contribution in [2.75, 3.05) is 19.6 Å². The average Bonchev–Trinajstić information content (AvgIpc) is 3.50. The number of unbranched alkanes of at least 4 members (excludes halogenated alkanes) is 10. The zero-order chi connectivity index (χ0) is 32.0. The second-order valence-electron chi connectivity index (χ2n) is 11.8. The monoisotopic (exact) mass is 614 g/mol. The molecular formula is C34H54N4O6. The van der Waals surface area contributed by atoms with Gasteiger partial charge in [0.1, 0.15) is 12.1 Å².